The highest BCUT2D eigenvalue weighted by molar-refractivity contribution is 5.82. The number of methoxy groups -OCH3 is 1. The van der Waals surface area contributed by atoms with Crippen molar-refractivity contribution >= 4 is 11.9 Å². The fourth-order valence-electron chi connectivity index (χ4n) is 3.52. The molecule has 5 nitrogen and oxygen atoms in total. The predicted molar refractivity (Wildman–Crippen MR) is 78.6 cm³/mol. The predicted octanol–water partition coefficient (Wildman–Crippen LogP) is 1.91. The zero-order valence-electron chi connectivity index (χ0n) is 13.1. The Morgan fingerprint density at radius 1 is 1.33 bits per heavy atom. The molecule has 0 aliphatic carbocycles. The number of carbonyl (C=O) groups excluding carboxylic acids is 2. The van der Waals surface area contributed by atoms with Gasteiger partial charge in [0.25, 0.3) is 0 Å². The first-order valence-corrected chi connectivity index (χ1v) is 7.75. The van der Waals surface area contributed by atoms with Gasteiger partial charge in [-0.25, -0.2) is 4.79 Å². The molecule has 2 aliphatic rings. The fraction of sp³-hybridized carbons (Fsp3) is 0.750. The van der Waals surface area contributed by atoms with E-state index in [0.29, 0.717) is 12.5 Å². The van der Waals surface area contributed by atoms with Crippen LogP contribution in [0.25, 0.3) is 0 Å². The second-order valence-electron chi connectivity index (χ2n) is 5.92. The maximum atomic E-state index is 12.1. The summed E-state index contributed by atoms with van der Waals surface area (Å²) in [5.41, 5.74) is 0. The summed E-state index contributed by atoms with van der Waals surface area (Å²) >= 11 is 0. The van der Waals surface area contributed by atoms with Crippen molar-refractivity contribution in [3.8, 4) is 0 Å². The molecular formula is C16H25NO4. The Balaban J connectivity index is 2.06. The van der Waals surface area contributed by atoms with E-state index in [9.17, 15) is 9.59 Å². The molecule has 0 aromatic rings. The number of hydrogen-bond donors (Lipinski definition) is 0. The summed E-state index contributed by atoms with van der Waals surface area (Å²) in [6.07, 6.45) is 7.48. The number of nitrogens with zero attached hydrogens (tertiary/aromatic N) is 1. The number of ether oxygens (including phenoxy) is 2. The number of allylic oxidation sites excluding steroid dienone is 1. The van der Waals surface area contributed by atoms with Crippen LogP contribution in [0.5, 0.6) is 0 Å². The normalized spacial score (nSPS) is 32.3. The molecule has 2 aliphatic heterocycles. The lowest BCUT2D eigenvalue weighted by atomic mass is 9.87. The Morgan fingerprint density at radius 2 is 2.10 bits per heavy atom. The molecule has 0 aromatic heterocycles. The van der Waals surface area contributed by atoms with Gasteiger partial charge in [0.05, 0.1) is 7.11 Å². The van der Waals surface area contributed by atoms with E-state index in [1.54, 1.807) is 0 Å². The maximum Gasteiger partial charge on any atom is 0.330 e. The van der Waals surface area contributed by atoms with E-state index < -0.39 is 0 Å². The number of rotatable bonds is 5. The number of piperidine rings is 1. The van der Waals surface area contributed by atoms with Crippen LogP contribution < -0.4 is 0 Å². The van der Waals surface area contributed by atoms with E-state index in [4.69, 9.17) is 9.47 Å². The molecule has 2 bridgehead atoms. The van der Waals surface area contributed by atoms with Crippen molar-refractivity contribution in [3.63, 3.8) is 0 Å². The summed E-state index contributed by atoms with van der Waals surface area (Å²) in [5, 5.41) is 0. The van der Waals surface area contributed by atoms with Crippen molar-refractivity contribution in [2.75, 3.05) is 14.2 Å². The Labute approximate surface area is 126 Å². The standard InChI is InChI=1S/C16H25NO4/c1-4-5-6-7-14(18)21-13-10-11-8-9-12(17(11)2)15(13)16(19)20-3/h6-7,11-13,15H,4-5,8-10H2,1-3H3/b7-6+/t11-,12+,13-,15+/m0/s1. The van der Waals surface area contributed by atoms with E-state index in [0.717, 1.165) is 25.7 Å². The first kappa shape index (κ1) is 16.0. The van der Waals surface area contributed by atoms with E-state index in [2.05, 4.69) is 11.8 Å². The van der Waals surface area contributed by atoms with Crippen LogP contribution in [-0.4, -0.2) is 49.2 Å². The van der Waals surface area contributed by atoms with Gasteiger partial charge in [0.2, 0.25) is 0 Å². The van der Waals surface area contributed by atoms with Crippen molar-refractivity contribution < 1.29 is 19.1 Å². The third-order valence-corrected chi connectivity index (χ3v) is 4.66. The summed E-state index contributed by atoms with van der Waals surface area (Å²) in [6, 6.07) is 0.516. The number of hydrogen-bond acceptors (Lipinski definition) is 5. The summed E-state index contributed by atoms with van der Waals surface area (Å²) in [5.74, 6) is -1.00. The Hall–Kier alpha value is -1.36. The molecule has 0 spiro atoms. The Morgan fingerprint density at radius 3 is 2.76 bits per heavy atom. The second kappa shape index (κ2) is 7.07. The molecular weight excluding hydrogens is 270 g/mol. The van der Waals surface area contributed by atoms with Gasteiger partial charge in [0.1, 0.15) is 12.0 Å². The van der Waals surface area contributed by atoms with Gasteiger partial charge in [-0.3, -0.25) is 9.69 Å². The van der Waals surface area contributed by atoms with Crippen molar-refractivity contribution in [1.29, 1.82) is 0 Å². The van der Waals surface area contributed by atoms with Crippen LogP contribution in [0.3, 0.4) is 0 Å². The van der Waals surface area contributed by atoms with Crippen LogP contribution in [0.1, 0.15) is 39.0 Å². The summed E-state index contributed by atoms with van der Waals surface area (Å²) in [6.45, 7) is 2.05. The monoisotopic (exact) mass is 295 g/mol. The minimum Gasteiger partial charge on any atom is -0.469 e. The minimum absolute atomic E-state index is 0.119. The molecule has 5 heteroatoms. The average Bonchev–Trinajstić information content (AvgIpc) is 2.71. The van der Waals surface area contributed by atoms with E-state index in [-0.39, 0.29) is 30.0 Å². The topological polar surface area (TPSA) is 55.8 Å². The van der Waals surface area contributed by atoms with E-state index in [1.807, 2.05) is 13.1 Å². The van der Waals surface area contributed by atoms with Gasteiger partial charge in [0.15, 0.2) is 0 Å². The van der Waals surface area contributed by atoms with Gasteiger partial charge in [-0.1, -0.05) is 19.4 Å². The number of carbonyl (C=O) groups is 2. The van der Waals surface area contributed by atoms with Gasteiger partial charge in [-0.15, -0.1) is 0 Å². The zero-order chi connectivity index (χ0) is 15.4. The van der Waals surface area contributed by atoms with Gasteiger partial charge in [0, 0.05) is 24.6 Å². The summed E-state index contributed by atoms with van der Waals surface area (Å²) in [7, 11) is 3.43. The lowest BCUT2D eigenvalue weighted by molar-refractivity contribution is -0.165. The zero-order valence-corrected chi connectivity index (χ0v) is 13.1. The quantitative estimate of drug-likeness (QED) is 0.573. The smallest absolute Gasteiger partial charge is 0.330 e. The Bertz CT molecular complexity index is 421. The molecule has 0 radical (unpaired) electrons. The number of fused-ring (bicyclic) bond motifs is 2. The molecule has 0 saturated carbocycles. The van der Waals surface area contributed by atoms with Crippen LogP contribution in [0, 0.1) is 5.92 Å². The lowest BCUT2D eigenvalue weighted by Gasteiger charge is -2.40. The van der Waals surface area contributed by atoms with Crippen LogP contribution in [0.15, 0.2) is 12.2 Å². The van der Waals surface area contributed by atoms with Crippen molar-refractivity contribution in [2.45, 2.75) is 57.2 Å². The number of unbranched alkanes of at least 4 members (excludes halogenated alkanes) is 1. The highest BCUT2D eigenvalue weighted by atomic mass is 16.6. The molecule has 2 rings (SSSR count). The van der Waals surface area contributed by atoms with Crippen molar-refractivity contribution in [1.82, 2.24) is 4.90 Å². The third kappa shape index (κ3) is 3.46. The first-order chi connectivity index (χ1) is 10.1. The highest BCUT2D eigenvalue weighted by Crippen LogP contribution is 2.40. The van der Waals surface area contributed by atoms with Crippen LogP contribution in [-0.2, 0) is 19.1 Å². The lowest BCUT2D eigenvalue weighted by Crippen LogP contribution is -2.53. The molecule has 0 N–H and O–H groups in total. The average molecular weight is 295 g/mol. The highest BCUT2D eigenvalue weighted by Gasteiger charge is 2.50. The van der Waals surface area contributed by atoms with Crippen molar-refractivity contribution in [2.24, 2.45) is 5.92 Å². The summed E-state index contributed by atoms with van der Waals surface area (Å²) in [4.78, 5) is 26.2. The second-order valence-corrected chi connectivity index (χ2v) is 5.92. The fourth-order valence-corrected chi connectivity index (χ4v) is 3.52. The summed E-state index contributed by atoms with van der Waals surface area (Å²) < 4.78 is 10.5. The first-order valence-electron chi connectivity index (χ1n) is 7.75. The minimum atomic E-state index is -0.373. The van der Waals surface area contributed by atoms with Gasteiger partial charge >= 0.3 is 11.9 Å². The van der Waals surface area contributed by atoms with E-state index >= 15 is 0 Å². The van der Waals surface area contributed by atoms with Gasteiger partial charge in [-0.2, -0.15) is 0 Å². The molecule has 21 heavy (non-hydrogen) atoms. The van der Waals surface area contributed by atoms with Gasteiger partial charge < -0.3 is 9.47 Å². The van der Waals surface area contributed by atoms with Crippen LogP contribution >= 0.6 is 0 Å². The molecule has 0 amide bonds. The molecule has 0 aromatic carbocycles. The molecule has 4 atom stereocenters. The molecule has 118 valence electrons. The van der Waals surface area contributed by atoms with Gasteiger partial charge in [-0.05, 0) is 26.3 Å². The largest absolute Gasteiger partial charge is 0.469 e. The van der Waals surface area contributed by atoms with Crippen LogP contribution in [0.4, 0.5) is 0 Å². The number of esters is 2. The van der Waals surface area contributed by atoms with Crippen LogP contribution in [0.2, 0.25) is 0 Å². The van der Waals surface area contributed by atoms with Crippen molar-refractivity contribution in [3.05, 3.63) is 12.2 Å². The maximum absolute atomic E-state index is 12.1. The molecule has 2 fully saturated rings. The van der Waals surface area contributed by atoms with E-state index in [1.165, 1.54) is 13.2 Å². The third-order valence-electron chi connectivity index (χ3n) is 4.66. The Kier molecular flexibility index (Phi) is 5.39. The molecule has 2 heterocycles. The SMILES string of the molecule is CCC/C=C/C(=O)O[C@H]1C[C@@H]2CC[C@H]([C@H]1C(=O)OC)N2C. The molecule has 2 saturated heterocycles. The molecule has 0 unspecified atom stereocenters.